The normalized spacial score (nSPS) is 18.5. The van der Waals surface area contributed by atoms with Gasteiger partial charge in [0.05, 0.1) is 12.7 Å². The lowest BCUT2D eigenvalue weighted by Gasteiger charge is -2.20. The maximum Gasteiger partial charge on any atom is 0.243 e. The molecule has 20 heavy (non-hydrogen) atoms. The van der Waals surface area contributed by atoms with Crippen molar-refractivity contribution in [2.24, 2.45) is 5.73 Å². The van der Waals surface area contributed by atoms with Crippen LogP contribution in [-0.2, 0) is 16.6 Å². The van der Waals surface area contributed by atoms with Crippen LogP contribution in [0.4, 0.5) is 0 Å². The van der Waals surface area contributed by atoms with Crippen molar-refractivity contribution in [3.05, 3.63) is 12.4 Å². The highest BCUT2D eigenvalue weighted by Crippen LogP contribution is 2.10. The summed E-state index contributed by atoms with van der Waals surface area (Å²) in [7, 11) is -3.50. The summed E-state index contributed by atoms with van der Waals surface area (Å²) in [6, 6.07) is -0.115. The molecule has 0 aromatic carbocycles. The summed E-state index contributed by atoms with van der Waals surface area (Å²) in [5.74, 6) is 0. The molecular formula is C12H23N5O2S. The van der Waals surface area contributed by atoms with E-state index in [2.05, 4.69) is 14.7 Å². The van der Waals surface area contributed by atoms with Crippen LogP contribution in [-0.4, -0.2) is 55.3 Å². The molecule has 1 fully saturated rings. The SMILES string of the molecule is CC(CN1CCCC1)NS(=O)(=O)c1cnn(CCN)c1. The monoisotopic (exact) mass is 301 g/mol. The Labute approximate surface area is 120 Å². The van der Waals surface area contributed by atoms with Crippen molar-refractivity contribution in [3.8, 4) is 0 Å². The van der Waals surface area contributed by atoms with Gasteiger partial charge in [0.25, 0.3) is 0 Å². The summed E-state index contributed by atoms with van der Waals surface area (Å²) in [5.41, 5.74) is 5.42. The van der Waals surface area contributed by atoms with E-state index in [1.165, 1.54) is 25.2 Å². The highest BCUT2D eigenvalue weighted by molar-refractivity contribution is 7.89. The van der Waals surface area contributed by atoms with Gasteiger partial charge in [-0.15, -0.1) is 0 Å². The third-order valence-electron chi connectivity index (χ3n) is 3.37. The van der Waals surface area contributed by atoms with Gasteiger partial charge in [0.2, 0.25) is 10.0 Å². The molecule has 2 heterocycles. The highest BCUT2D eigenvalue weighted by atomic mass is 32.2. The zero-order valence-electron chi connectivity index (χ0n) is 11.8. The molecule has 8 heteroatoms. The number of rotatable bonds is 7. The van der Waals surface area contributed by atoms with Gasteiger partial charge in [0.15, 0.2) is 0 Å². The van der Waals surface area contributed by atoms with Crippen molar-refractivity contribution in [2.75, 3.05) is 26.2 Å². The predicted octanol–water partition coefficient (Wildman–Crippen LogP) is -0.396. The number of aromatic nitrogens is 2. The molecule has 1 aromatic heterocycles. The minimum Gasteiger partial charge on any atom is -0.329 e. The van der Waals surface area contributed by atoms with Crippen molar-refractivity contribution in [2.45, 2.75) is 37.2 Å². The minimum absolute atomic E-state index is 0.115. The molecule has 1 aliphatic rings. The van der Waals surface area contributed by atoms with Crippen LogP contribution in [0.25, 0.3) is 0 Å². The molecule has 1 unspecified atom stereocenters. The number of hydrogen-bond acceptors (Lipinski definition) is 5. The number of sulfonamides is 1. The molecule has 0 aliphatic carbocycles. The molecule has 1 aliphatic heterocycles. The predicted molar refractivity (Wildman–Crippen MR) is 76.7 cm³/mol. The van der Waals surface area contributed by atoms with E-state index in [0.717, 1.165) is 19.6 Å². The Hall–Kier alpha value is -0.960. The van der Waals surface area contributed by atoms with Crippen molar-refractivity contribution in [1.82, 2.24) is 19.4 Å². The third kappa shape index (κ3) is 4.02. The molecule has 0 bridgehead atoms. The number of nitrogens with one attached hydrogen (secondary N) is 1. The fourth-order valence-corrected chi connectivity index (χ4v) is 3.65. The van der Waals surface area contributed by atoms with Crippen LogP contribution in [0.5, 0.6) is 0 Å². The Morgan fingerprint density at radius 3 is 2.80 bits per heavy atom. The maximum atomic E-state index is 12.2. The van der Waals surface area contributed by atoms with Crippen LogP contribution < -0.4 is 10.5 Å². The summed E-state index contributed by atoms with van der Waals surface area (Å²) in [6.07, 6.45) is 5.27. The van der Waals surface area contributed by atoms with E-state index in [4.69, 9.17) is 5.73 Å². The number of likely N-dealkylation sites (tertiary alicyclic amines) is 1. The van der Waals surface area contributed by atoms with E-state index >= 15 is 0 Å². The third-order valence-corrected chi connectivity index (χ3v) is 4.91. The molecule has 2 rings (SSSR count). The second-order valence-corrected chi connectivity index (χ2v) is 6.97. The molecule has 0 radical (unpaired) electrons. The first-order valence-electron chi connectivity index (χ1n) is 6.98. The van der Waals surface area contributed by atoms with Gasteiger partial charge in [-0.05, 0) is 32.9 Å². The molecule has 114 valence electrons. The van der Waals surface area contributed by atoms with E-state index in [1.54, 1.807) is 4.68 Å². The molecule has 1 aromatic rings. The van der Waals surface area contributed by atoms with Gasteiger partial charge in [-0.25, -0.2) is 13.1 Å². The van der Waals surface area contributed by atoms with Gasteiger partial charge in [0, 0.05) is 25.3 Å². The quantitative estimate of drug-likeness (QED) is 0.715. The molecule has 1 atom stereocenters. The Morgan fingerprint density at radius 2 is 2.15 bits per heavy atom. The van der Waals surface area contributed by atoms with Crippen molar-refractivity contribution in [3.63, 3.8) is 0 Å². The topological polar surface area (TPSA) is 93.2 Å². The maximum absolute atomic E-state index is 12.2. The fraction of sp³-hybridized carbons (Fsp3) is 0.750. The summed E-state index contributed by atoms with van der Waals surface area (Å²) >= 11 is 0. The lowest BCUT2D eigenvalue weighted by molar-refractivity contribution is 0.313. The van der Waals surface area contributed by atoms with E-state index in [9.17, 15) is 8.42 Å². The first kappa shape index (κ1) is 15.4. The van der Waals surface area contributed by atoms with Gasteiger partial charge >= 0.3 is 0 Å². The van der Waals surface area contributed by atoms with Gasteiger partial charge in [-0.3, -0.25) is 4.68 Å². The second kappa shape index (κ2) is 6.66. The summed E-state index contributed by atoms with van der Waals surface area (Å²) in [4.78, 5) is 2.48. The average Bonchev–Trinajstić information content (AvgIpc) is 3.00. The standard InChI is InChI=1S/C12H23N5O2S/c1-11(9-16-5-2-3-6-16)15-20(18,19)12-8-14-17(10-12)7-4-13/h8,10-11,15H,2-7,9,13H2,1H3. The second-order valence-electron chi connectivity index (χ2n) is 5.26. The molecule has 0 spiro atoms. The molecule has 3 N–H and O–H groups in total. The smallest absolute Gasteiger partial charge is 0.243 e. The number of nitrogens with zero attached hydrogens (tertiary/aromatic N) is 3. The molecule has 0 saturated carbocycles. The van der Waals surface area contributed by atoms with E-state index < -0.39 is 10.0 Å². The molecule has 0 amide bonds. The lowest BCUT2D eigenvalue weighted by atomic mass is 10.3. The van der Waals surface area contributed by atoms with Crippen LogP contribution in [0, 0.1) is 0 Å². The van der Waals surface area contributed by atoms with Gasteiger partial charge in [-0.1, -0.05) is 0 Å². The van der Waals surface area contributed by atoms with Crippen LogP contribution in [0.1, 0.15) is 19.8 Å². The average molecular weight is 301 g/mol. The van der Waals surface area contributed by atoms with Gasteiger partial charge in [-0.2, -0.15) is 5.10 Å². The van der Waals surface area contributed by atoms with Crippen LogP contribution in [0.15, 0.2) is 17.3 Å². The zero-order chi connectivity index (χ0) is 14.6. The van der Waals surface area contributed by atoms with Crippen LogP contribution in [0.2, 0.25) is 0 Å². The summed E-state index contributed by atoms with van der Waals surface area (Å²) in [5, 5.41) is 3.99. The molecular weight excluding hydrogens is 278 g/mol. The first-order chi connectivity index (χ1) is 9.51. The van der Waals surface area contributed by atoms with E-state index in [0.29, 0.717) is 13.1 Å². The zero-order valence-corrected chi connectivity index (χ0v) is 12.6. The van der Waals surface area contributed by atoms with Crippen molar-refractivity contribution in [1.29, 1.82) is 0 Å². The Balaban J connectivity index is 1.94. The fourth-order valence-electron chi connectivity index (χ4n) is 2.46. The van der Waals surface area contributed by atoms with Gasteiger partial charge in [0.1, 0.15) is 4.90 Å². The summed E-state index contributed by atoms with van der Waals surface area (Å²) in [6.45, 7) is 5.69. The lowest BCUT2D eigenvalue weighted by Crippen LogP contribution is -2.40. The van der Waals surface area contributed by atoms with Gasteiger partial charge < -0.3 is 10.6 Å². The molecule has 1 saturated heterocycles. The Bertz CT molecular complexity index is 522. The Morgan fingerprint density at radius 1 is 1.45 bits per heavy atom. The van der Waals surface area contributed by atoms with Crippen molar-refractivity contribution >= 4 is 10.0 Å². The van der Waals surface area contributed by atoms with E-state index in [1.807, 2.05) is 6.92 Å². The van der Waals surface area contributed by atoms with Crippen molar-refractivity contribution < 1.29 is 8.42 Å². The van der Waals surface area contributed by atoms with Crippen LogP contribution in [0.3, 0.4) is 0 Å². The Kier molecular flexibility index (Phi) is 5.14. The largest absolute Gasteiger partial charge is 0.329 e. The highest BCUT2D eigenvalue weighted by Gasteiger charge is 2.21. The molecule has 7 nitrogen and oxygen atoms in total. The van der Waals surface area contributed by atoms with E-state index in [-0.39, 0.29) is 10.9 Å². The van der Waals surface area contributed by atoms with Crippen LogP contribution >= 0.6 is 0 Å². The number of hydrogen-bond donors (Lipinski definition) is 2. The minimum atomic E-state index is -3.50. The number of nitrogens with two attached hydrogens (primary N) is 1. The first-order valence-corrected chi connectivity index (χ1v) is 8.47. The summed E-state index contributed by atoms with van der Waals surface area (Å²) < 4.78 is 28.7.